The molecule has 152 valence electrons. The number of nitrogens with zero attached hydrogens (tertiary/aromatic N) is 5. The van der Waals surface area contributed by atoms with E-state index in [2.05, 4.69) is 36.5 Å². The summed E-state index contributed by atoms with van der Waals surface area (Å²) in [5.41, 5.74) is 11.1. The molecule has 0 radical (unpaired) electrons. The summed E-state index contributed by atoms with van der Waals surface area (Å²) in [5, 5.41) is 11.9. The van der Waals surface area contributed by atoms with Crippen molar-refractivity contribution in [3.8, 4) is 11.5 Å². The van der Waals surface area contributed by atoms with Crippen LogP contribution in [0.2, 0.25) is 0 Å². The SMILES string of the molecule is Cc1ccc(Nc2nc(N)nc(CSc3nnc(-c4cc(C)cc(C)c4)o3)n2)cc1. The van der Waals surface area contributed by atoms with Crippen molar-refractivity contribution in [2.75, 3.05) is 11.1 Å². The third-order valence-corrected chi connectivity index (χ3v) is 5.02. The van der Waals surface area contributed by atoms with E-state index in [4.69, 9.17) is 10.2 Å². The quantitative estimate of drug-likeness (QED) is 0.437. The molecule has 0 aliphatic carbocycles. The lowest BCUT2D eigenvalue weighted by Crippen LogP contribution is -2.06. The van der Waals surface area contributed by atoms with Gasteiger partial charge in [0.1, 0.15) is 5.82 Å². The lowest BCUT2D eigenvalue weighted by molar-refractivity contribution is 0.465. The van der Waals surface area contributed by atoms with Gasteiger partial charge in [0.05, 0.1) is 5.75 Å². The summed E-state index contributed by atoms with van der Waals surface area (Å²) in [6, 6.07) is 14.1. The predicted octanol–water partition coefficient (Wildman–Crippen LogP) is 4.46. The van der Waals surface area contributed by atoms with Crippen molar-refractivity contribution in [1.82, 2.24) is 25.1 Å². The minimum Gasteiger partial charge on any atom is -0.411 e. The topological polar surface area (TPSA) is 116 Å². The van der Waals surface area contributed by atoms with Gasteiger partial charge in [-0.25, -0.2) is 0 Å². The predicted molar refractivity (Wildman–Crippen MR) is 117 cm³/mol. The van der Waals surface area contributed by atoms with E-state index in [9.17, 15) is 0 Å². The first-order valence-corrected chi connectivity index (χ1v) is 10.3. The molecule has 0 amide bonds. The number of aryl methyl sites for hydroxylation is 3. The summed E-state index contributed by atoms with van der Waals surface area (Å²) < 4.78 is 5.79. The number of nitrogens with one attached hydrogen (secondary N) is 1. The second kappa shape index (κ2) is 8.50. The maximum Gasteiger partial charge on any atom is 0.277 e. The summed E-state index contributed by atoms with van der Waals surface area (Å²) in [6.45, 7) is 6.11. The van der Waals surface area contributed by atoms with Gasteiger partial charge in [0.2, 0.25) is 17.8 Å². The fourth-order valence-corrected chi connectivity index (χ4v) is 3.55. The number of anilines is 3. The van der Waals surface area contributed by atoms with Gasteiger partial charge in [-0.2, -0.15) is 15.0 Å². The summed E-state index contributed by atoms with van der Waals surface area (Å²) in [7, 11) is 0. The van der Waals surface area contributed by atoms with Crippen LogP contribution in [-0.4, -0.2) is 25.1 Å². The fraction of sp³-hybridized carbons (Fsp3) is 0.190. The molecular formula is C21H21N7OS. The Hall–Kier alpha value is -3.46. The van der Waals surface area contributed by atoms with Crippen molar-refractivity contribution in [3.63, 3.8) is 0 Å². The second-order valence-electron chi connectivity index (χ2n) is 6.96. The minimum atomic E-state index is 0.150. The third kappa shape index (κ3) is 4.93. The zero-order valence-corrected chi connectivity index (χ0v) is 17.7. The second-order valence-corrected chi connectivity index (χ2v) is 7.89. The summed E-state index contributed by atoms with van der Waals surface area (Å²) in [6.07, 6.45) is 0. The van der Waals surface area contributed by atoms with Crippen LogP contribution >= 0.6 is 11.8 Å². The molecule has 0 spiro atoms. The van der Waals surface area contributed by atoms with Gasteiger partial charge in [-0.3, -0.25) is 0 Å². The molecule has 0 bridgehead atoms. The number of hydrogen-bond acceptors (Lipinski definition) is 9. The van der Waals surface area contributed by atoms with Gasteiger partial charge >= 0.3 is 0 Å². The van der Waals surface area contributed by atoms with E-state index in [1.165, 1.54) is 17.3 Å². The molecule has 0 atom stereocenters. The van der Waals surface area contributed by atoms with Crippen LogP contribution in [-0.2, 0) is 5.75 Å². The Labute approximate surface area is 178 Å². The Morgan fingerprint density at radius 2 is 1.63 bits per heavy atom. The van der Waals surface area contributed by atoms with E-state index in [0.29, 0.717) is 28.6 Å². The molecule has 4 aromatic rings. The fourth-order valence-electron chi connectivity index (χ4n) is 2.93. The summed E-state index contributed by atoms with van der Waals surface area (Å²) >= 11 is 1.35. The standard InChI is InChI=1S/C21H21N7OS/c1-12-4-6-16(7-5-12)23-20-25-17(24-19(22)26-20)11-30-21-28-27-18(29-21)15-9-13(2)8-14(3)10-15/h4-10H,11H2,1-3H3,(H3,22,23,24,25,26). The highest BCUT2D eigenvalue weighted by molar-refractivity contribution is 7.98. The van der Waals surface area contributed by atoms with Crippen molar-refractivity contribution in [2.45, 2.75) is 31.7 Å². The number of nitrogen functional groups attached to an aromatic ring is 1. The molecule has 8 nitrogen and oxygen atoms in total. The average molecular weight is 420 g/mol. The number of hydrogen-bond donors (Lipinski definition) is 2. The van der Waals surface area contributed by atoms with Gasteiger partial charge in [0.25, 0.3) is 5.22 Å². The van der Waals surface area contributed by atoms with Crippen LogP contribution in [0.3, 0.4) is 0 Å². The molecule has 30 heavy (non-hydrogen) atoms. The van der Waals surface area contributed by atoms with E-state index in [1.807, 2.05) is 57.2 Å². The largest absolute Gasteiger partial charge is 0.411 e. The van der Waals surface area contributed by atoms with Crippen LogP contribution in [0.5, 0.6) is 0 Å². The zero-order valence-electron chi connectivity index (χ0n) is 16.9. The van der Waals surface area contributed by atoms with Gasteiger partial charge in [-0.05, 0) is 45.0 Å². The number of rotatable bonds is 6. The molecule has 0 unspecified atom stereocenters. The van der Waals surface area contributed by atoms with Gasteiger partial charge in [-0.15, -0.1) is 10.2 Å². The molecule has 0 aliphatic rings. The highest BCUT2D eigenvalue weighted by Crippen LogP contribution is 2.26. The van der Waals surface area contributed by atoms with Crippen LogP contribution in [0.25, 0.3) is 11.5 Å². The van der Waals surface area contributed by atoms with Crippen molar-refractivity contribution in [2.24, 2.45) is 0 Å². The van der Waals surface area contributed by atoms with Crippen molar-refractivity contribution in [1.29, 1.82) is 0 Å². The molecular weight excluding hydrogens is 398 g/mol. The van der Waals surface area contributed by atoms with Crippen LogP contribution in [0, 0.1) is 20.8 Å². The lowest BCUT2D eigenvalue weighted by atomic mass is 10.1. The van der Waals surface area contributed by atoms with Gasteiger partial charge in [0.15, 0.2) is 0 Å². The van der Waals surface area contributed by atoms with Crippen LogP contribution in [0.1, 0.15) is 22.5 Å². The zero-order chi connectivity index (χ0) is 21.1. The van der Waals surface area contributed by atoms with E-state index in [0.717, 1.165) is 22.4 Å². The molecule has 0 fully saturated rings. The highest BCUT2D eigenvalue weighted by atomic mass is 32.2. The van der Waals surface area contributed by atoms with Crippen molar-refractivity contribution < 1.29 is 4.42 Å². The molecule has 0 saturated carbocycles. The molecule has 2 heterocycles. The normalized spacial score (nSPS) is 10.9. The Balaban J connectivity index is 1.45. The first-order chi connectivity index (χ1) is 14.4. The first kappa shape index (κ1) is 19.8. The lowest BCUT2D eigenvalue weighted by Gasteiger charge is -2.07. The van der Waals surface area contributed by atoms with Crippen molar-refractivity contribution in [3.05, 3.63) is 65.0 Å². The Morgan fingerprint density at radius 3 is 2.37 bits per heavy atom. The van der Waals surface area contributed by atoms with Crippen molar-refractivity contribution >= 4 is 29.3 Å². The number of thioether (sulfide) groups is 1. The molecule has 2 aromatic heterocycles. The van der Waals surface area contributed by atoms with Gasteiger partial charge < -0.3 is 15.5 Å². The maximum absolute atomic E-state index is 5.85. The van der Waals surface area contributed by atoms with Crippen LogP contribution < -0.4 is 11.1 Å². The summed E-state index contributed by atoms with van der Waals surface area (Å²) in [4.78, 5) is 12.8. The number of benzene rings is 2. The average Bonchev–Trinajstić information content (AvgIpc) is 3.16. The smallest absolute Gasteiger partial charge is 0.277 e. The van der Waals surface area contributed by atoms with E-state index in [1.54, 1.807) is 0 Å². The minimum absolute atomic E-state index is 0.150. The summed E-state index contributed by atoms with van der Waals surface area (Å²) in [5.74, 6) is 1.97. The molecule has 4 rings (SSSR count). The molecule has 0 saturated heterocycles. The molecule has 3 N–H and O–H groups in total. The van der Waals surface area contributed by atoms with Gasteiger partial charge in [-0.1, -0.05) is 46.7 Å². The van der Waals surface area contributed by atoms with E-state index < -0.39 is 0 Å². The van der Waals surface area contributed by atoms with E-state index >= 15 is 0 Å². The molecule has 0 aliphatic heterocycles. The third-order valence-electron chi connectivity index (χ3n) is 4.21. The number of nitrogens with two attached hydrogens (primary N) is 1. The number of aromatic nitrogens is 5. The van der Waals surface area contributed by atoms with Crippen LogP contribution in [0.15, 0.2) is 52.1 Å². The first-order valence-electron chi connectivity index (χ1n) is 9.34. The Kier molecular flexibility index (Phi) is 5.62. The Morgan fingerprint density at radius 1 is 0.900 bits per heavy atom. The highest BCUT2D eigenvalue weighted by Gasteiger charge is 2.12. The van der Waals surface area contributed by atoms with Gasteiger partial charge in [0, 0.05) is 11.3 Å². The maximum atomic E-state index is 5.85. The van der Waals surface area contributed by atoms with E-state index in [-0.39, 0.29) is 5.95 Å². The monoisotopic (exact) mass is 419 g/mol. The molecule has 9 heteroatoms. The molecule has 2 aromatic carbocycles. The Bertz CT molecular complexity index is 1150. The van der Waals surface area contributed by atoms with Crippen LogP contribution in [0.4, 0.5) is 17.6 Å².